The van der Waals surface area contributed by atoms with Crippen molar-refractivity contribution >= 4 is 27.5 Å². The molecule has 0 spiro atoms. The molecule has 3 aromatic carbocycles. The van der Waals surface area contributed by atoms with Crippen LogP contribution in [0.25, 0.3) is 21.8 Å². The van der Waals surface area contributed by atoms with E-state index in [2.05, 4.69) is 15.3 Å². The SMILES string of the molecule is Cc1ccc2[nH]c3c(c2c1)Cc1ccccc1N[C@]3(c1c[nH]c2ccccc12)C(F)(F)F. The van der Waals surface area contributed by atoms with Crippen LogP contribution in [0.4, 0.5) is 18.9 Å². The second-order valence-corrected chi connectivity index (χ2v) is 8.48. The third-order valence-electron chi connectivity index (χ3n) is 6.56. The normalized spacial score (nSPS) is 18.2. The lowest BCUT2D eigenvalue weighted by atomic mass is 9.83. The Bertz CT molecular complexity index is 1490. The van der Waals surface area contributed by atoms with E-state index in [0.29, 0.717) is 34.1 Å². The van der Waals surface area contributed by atoms with E-state index < -0.39 is 11.7 Å². The summed E-state index contributed by atoms with van der Waals surface area (Å²) in [6.07, 6.45) is -2.73. The Morgan fingerprint density at radius 2 is 1.66 bits per heavy atom. The molecule has 0 bridgehead atoms. The average molecular weight is 431 g/mol. The average Bonchev–Trinajstić information content (AvgIpc) is 3.31. The minimum Gasteiger partial charge on any atom is -0.363 e. The fourth-order valence-electron chi connectivity index (χ4n) is 5.07. The summed E-state index contributed by atoms with van der Waals surface area (Å²) in [5, 5.41) is 4.33. The summed E-state index contributed by atoms with van der Waals surface area (Å²) in [5.41, 5.74) is 2.23. The summed E-state index contributed by atoms with van der Waals surface area (Å²) in [7, 11) is 0. The fourth-order valence-corrected chi connectivity index (χ4v) is 5.07. The number of aromatic amines is 2. The first-order valence-electron chi connectivity index (χ1n) is 10.5. The summed E-state index contributed by atoms with van der Waals surface area (Å²) in [6.45, 7) is 1.96. The number of aromatic nitrogens is 2. The zero-order chi connectivity index (χ0) is 22.1. The predicted octanol–water partition coefficient (Wildman–Crippen LogP) is 6.78. The highest BCUT2D eigenvalue weighted by atomic mass is 19.4. The lowest BCUT2D eigenvalue weighted by molar-refractivity contribution is -0.170. The van der Waals surface area contributed by atoms with Gasteiger partial charge in [0.05, 0.1) is 5.69 Å². The number of para-hydroxylation sites is 2. The molecule has 3 N–H and O–H groups in total. The molecule has 6 rings (SSSR count). The molecule has 1 atom stereocenters. The zero-order valence-electron chi connectivity index (χ0n) is 17.3. The molecule has 3 heterocycles. The minimum absolute atomic E-state index is 0.145. The first-order chi connectivity index (χ1) is 15.4. The Kier molecular flexibility index (Phi) is 3.82. The number of benzene rings is 3. The van der Waals surface area contributed by atoms with Crippen molar-refractivity contribution in [3.8, 4) is 0 Å². The molecular weight excluding hydrogens is 411 g/mol. The van der Waals surface area contributed by atoms with Crippen molar-refractivity contribution in [2.75, 3.05) is 5.32 Å². The Labute approximate surface area is 182 Å². The maximum absolute atomic E-state index is 15.4. The molecule has 1 aliphatic heterocycles. The van der Waals surface area contributed by atoms with E-state index in [1.54, 1.807) is 30.3 Å². The van der Waals surface area contributed by atoms with Crippen molar-refractivity contribution in [3.63, 3.8) is 0 Å². The highest BCUT2D eigenvalue weighted by Crippen LogP contribution is 2.52. The van der Waals surface area contributed by atoms with Gasteiger partial charge in [0, 0.05) is 45.7 Å². The van der Waals surface area contributed by atoms with Crippen molar-refractivity contribution in [1.82, 2.24) is 9.97 Å². The van der Waals surface area contributed by atoms with Gasteiger partial charge in [-0.15, -0.1) is 0 Å². The molecule has 160 valence electrons. The summed E-state index contributed by atoms with van der Waals surface area (Å²) >= 11 is 0. The van der Waals surface area contributed by atoms with Gasteiger partial charge >= 0.3 is 6.18 Å². The number of alkyl halides is 3. The number of aryl methyl sites for hydroxylation is 1. The van der Waals surface area contributed by atoms with Gasteiger partial charge in [-0.3, -0.25) is 0 Å². The summed E-state index contributed by atoms with van der Waals surface area (Å²) in [4.78, 5) is 6.22. The minimum atomic E-state index is -4.62. The molecular formula is C26H20F3N3. The first kappa shape index (κ1) is 19.0. The Morgan fingerprint density at radius 3 is 2.50 bits per heavy atom. The van der Waals surface area contributed by atoms with E-state index in [1.165, 1.54) is 6.20 Å². The zero-order valence-corrected chi connectivity index (χ0v) is 17.3. The van der Waals surface area contributed by atoms with Gasteiger partial charge in [-0.1, -0.05) is 48.0 Å². The van der Waals surface area contributed by atoms with E-state index in [0.717, 1.165) is 16.5 Å². The summed E-state index contributed by atoms with van der Waals surface area (Å²) < 4.78 is 46.1. The molecule has 0 saturated heterocycles. The van der Waals surface area contributed by atoms with Gasteiger partial charge in [0.15, 0.2) is 0 Å². The number of fused-ring (bicyclic) bond motifs is 5. The van der Waals surface area contributed by atoms with Crippen LogP contribution in [0, 0.1) is 6.92 Å². The second kappa shape index (κ2) is 6.42. The monoisotopic (exact) mass is 431 g/mol. The van der Waals surface area contributed by atoms with Crippen LogP contribution in [0.2, 0.25) is 0 Å². The molecule has 0 amide bonds. The van der Waals surface area contributed by atoms with Crippen LogP contribution in [-0.4, -0.2) is 16.1 Å². The second-order valence-electron chi connectivity index (χ2n) is 8.48. The lowest BCUT2D eigenvalue weighted by Crippen LogP contribution is -2.50. The Balaban J connectivity index is 1.79. The molecule has 2 aromatic heterocycles. The van der Waals surface area contributed by atoms with Gasteiger partial charge < -0.3 is 15.3 Å². The van der Waals surface area contributed by atoms with Crippen LogP contribution in [-0.2, 0) is 12.0 Å². The Hall–Kier alpha value is -3.67. The topological polar surface area (TPSA) is 43.6 Å². The van der Waals surface area contributed by atoms with Crippen LogP contribution < -0.4 is 5.32 Å². The molecule has 0 fully saturated rings. The van der Waals surface area contributed by atoms with Crippen molar-refractivity contribution < 1.29 is 13.2 Å². The van der Waals surface area contributed by atoms with Crippen LogP contribution >= 0.6 is 0 Å². The third-order valence-corrected chi connectivity index (χ3v) is 6.56. The van der Waals surface area contributed by atoms with Gasteiger partial charge in [0.1, 0.15) is 0 Å². The van der Waals surface area contributed by atoms with Crippen LogP contribution in [0.1, 0.15) is 27.9 Å². The van der Waals surface area contributed by atoms with Crippen LogP contribution in [0.15, 0.2) is 72.9 Å². The van der Waals surface area contributed by atoms with E-state index >= 15 is 13.2 Å². The van der Waals surface area contributed by atoms with E-state index in [9.17, 15) is 0 Å². The molecule has 0 saturated carbocycles. The molecule has 32 heavy (non-hydrogen) atoms. The predicted molar refractivity (Wildman–Crippen MR) is 121 cm³/mol. The van der Waals surface area contributed by atoms with Crippen LogP contribution in [0.3, 0.4) is 0 Å². The maximum atomic E-state index is 15.4. The molecule has 0 radical (unpaired) electrons. The fraction of sp³-hybridized carbons (Fsp3) is 0.154. The molecule has 0 unspecified atom stereocenters. The van der Waals surface area contributed by atoms with Crippen molar-refractivity contribution in [3.05, 3.63) is 101 Å². The van der Waals surface area contributed by atoms with Gasteiger partial charge in [-0.05, 0) is 42.3 Å². The quantitative estimate of drug-likeness (QED) is 0.269. The van der Waals surface area contributed by atoms with Crippen molar-refractivity contribution in [1.29, 1.82) is 0 Å². The van der Waals surface area contributed by atoms with Gasteiger partial charge in [0.25, 0.3) is 0 Å². The number of anilines is 1. The number of halogens is 3. The molecule has 6 heteroatoms. The van der Waals surface area contributed by atoms with Crippen LogP contribution in [0.5, 0.6) is 0 Å². The van der Waals surface area contributed by atoms with E-state index in [-0.39, 0.29) is 11.3 Å². The largest absolute Gasteiger partial charge is 0.421 e. The highest BCUT2D eigenvalue weighted by Gasteiger charge is 2.61. The van der Waals surface area contributed by atoms with Crippen molar-refractivity contribution in [2.45, 2.75) is 25.1 Å². The highest BCUT2D eigenvalue weighted by molar-refractivity contribution is 5.90. The van der Waals surface area contributed by atoms with Gasteiger partial charge in [0.2, 0.25) is 5.54 Å². The van der Waals surface area contributed by atoms with Crippen molar-refractivity contribution in [2.24, 2.45) is 0 Å². The number of hydrogen-bond donors (Lipinski definition) is 3. The van der Waals surface area contributed by atoms with E-state index in [1.807, 2.05) is 43.3 Å². The molecule has 0 aliphatic carbocycles. The van der Waals surface area contributed by atoms with E-state index in [4.69, 9.17) is 0 Å². The number of nitrogens with one attached hydrogen (secondary N) is 3. The summed E-state index contributed by atoms with van der Waals surface area (Å²) in [5.74, 6) is 0. The Morgan fingerprint density at radius 1 is 0.875 bits per heavy atom. The standard InChI is InChI=1S/C26H20F3N3/c1-15-10-11-23-18(12-15)19-13-16-6-2-4-8-21(16)32-25(24(19)31-23,26(27,28)29)20-14-30-22-9-5-3-7-17(20)22/h2-12,14,30-32H,13H2,1H3/t25-/m0/s1. The number of hydrogen-bond acceptors (Lipinski definition) is 1. The molecule has 3 nitrogen and oxygen atoms in total. The van der Waals surface area contributed by atoms with Gasteiger partial charge in [-0.2, -0.15) is 13.2 Å². The first-order valence-corrected chi connectivity index (χ1v) is 10.5. The number of rotatable bonds is 1. The molecule has 1 aliphatic rings. The van der Waals surface area contributed by atoms with Gasteiger partial charge in [-0.25, -0.2) is 0 Å². The molecule has 5 aromatic rings. The summed E-state index contributed by atoms with van der Waals surface area (Å²) in [6, 6.07) is 20.1. The maximum Gasteiger partial charge on any atom is 0.421 e. The smallest absolute Gasteiger partial charge is 0.363 e. The lowest BCUT2D eigenvalue weighted by Gasteiger charge is -2.37. The number of H-pyrrole nitrogens is 2. The third kappa shape index (κ3) is 2.49.